The third kappa shape index (κ3) is 5.81. The number of nitrogens with one attached hydrogen (secondary N) is 2. The van der Waals surface area contributed by atoms with Crippen molar-refractivity contribution >= 4 is 44.7 Å². The van der Waals surface area contributed by atoms with Gasteiger partial charge in [-0.05, 0) is 52.0 Å². The molecule has 0 aliphatic rings. The van der Waals surface area contributed by atoms with Crippen molar-refractivity contribution in [3.05, 3.63) is 35.3 Å². The molecule has 6 nitrogen and oxygen atoms in total. The van der Waals surface area contributed by atoms with Crippen LogP contribution in [-0.2, 0) is 14.8 Å². The molecule has 25 heavy (non-hydrogen) atoms. The molecule has 9 heteroatoms. The van der Waals surface area contributed by atoms with Crippen LogP contribution in [-0.4, -0.2) is 30.6 Å². The fraction of sp³-hybridized carbons (Fsp3) is 0.375. The second-order valence-corrected chi connectivity index (χ2v) is 9.96. The highest BCUT2D eigenvalue weighted by molar-refractivity contribution is 8.02. The number of amides is 1. The predicted octanol–water partition coefficient (Wildman–Crippen LogP) is 3.26. The van der Waals surface area contributed by atoms with Crippen molar-refractivity contribution in [3.8, 4) is 0 Å². The summed E-state index contributed by atoms with van der Waals surface area (Å²) in [6.45, 7) is 7.24. The Hall–Kier alpha value is -1.42. The fourth-order valence-electron chi connectivity index (χ4n) is 1.93. The van der Waals surface area contributed by atoms with Gasteiger partial charge in [-0.25, -0.2) is 18.1 Å². The number of aryl methyl sites for hydroxylation is 1. The van der Waals surface area contributed by atoms with Gasteiger partial charge in [-0.3, -0.25) is 4.79 Å². The van der Waals surface area contributed by atoms with Crippen molar-refractivity contribution in [1.29, 1.82) is 0 Å². The molecule has 0 radical (unpaired) electrons. The van der Waals surface area contributed by atoms with Crippen molar-refractivity contribution in [2.24, 2.45) is 0 Å². The Morgan fingerprint density at radius 1 is 1.20 bits per heavy atom. The number of benzene rings is 1. The van der Waals surface area contributed by atoms with Crippen LogP contribution in [0.4, 0.5) is 5.69 Å². The van der Waals surface area contributed by atoms with Crippen molar-refractivity contribution in [2.75, 3.05) is 5.32 Å². The summed E-state index contributed by atoms with van der Waals surface area (Å²) in [6, 6.07) is 5.93. The number of thiazole rings is 1. The number of hydrogen-bond acceptors (Lipinski definition) is 6. The van der Waals surface area contributed by atoms with Crippen LogP contribution in [0.3, 0.4) is 0 Å². The van der Waals surface area contributed by atoms with Gasteiger partial charge in [0.25, 0.3) is 0 Å². The van der Waals surface area contributed by atoms with Gasteiger partial charge in [0, 0.05) is 22.8 Å². The van der Waals surface area contributed by atoms with Crippen LogP contribution in [0, 0.1) is 6.92 Å². The number of carbonyl (C=O) groups excluding carboxylic acids is 1. The summed E-state index contributed by atoms with van der Waals surface area (Å²) in [6.07, 6.45) is 0. The Bertz CT molecular complexity index is 830. The molecular weight excluding hydrogens is 378 g/mol. The molecule has 0 unspecified atom stereocenters. The van der Waals surface area contributed by atoms with Crippen molar-refractivity contribution < 1.29 is 13.2 Å². The zero-order valence-electron chi connectivity index (χ0n) is 14.4. The van der Waals surface area contributed by atoms with Crippen LogP contribution in [0.1, 0.15) is 26.5 Å². The molecule has 1 amide bonds. The summed E-state index contributed by atoms with van der Waals surface area (Å²) in [7, 11) is -3.53. The second kappa shape index (κ2) is 8.31. The van der Waals surface area contributed by atoms with Gasteiger partial charge >= 0.3 is 0 Å². The molecule has 0 saturated heterocycles. The molecule has 2 N–H and O–H groups in total. The predicted molar refractivity (Wildman–Crippen MR) is 103 cm³/mol. The Labute approximate surface area is 156 Å². The van der Waals surface area contributed by atoms with Gasteiger partial charge in [-0.1, -0.05) is 11.8 Å². The van der Waals surface area contributed by atoms with E-state index in [0.29, 0.717) is 5.69 Å². The van der Waals surface area contributed by atoms with Gasteiger partial charge in [0.15, 0.2) is 4.34 Å². The smallest absolute Gasteiger partial charge is 0.240 e. The number of anilines is 1. The zero-order chi connectivity index (χ0) is 18.6. The Kier molecular flexibility index (Phi) is 6.61. The molecule has 2 rings (SSSR count). The zero-order valence-corrected chi connectivity index (χ0v) is 16.9. The van der Waals surface area contributed by atoms with Crippen LogP contribution in [0.15, 0.2) is 38.9 Å². The van der Waals surface area contributed by atoms with E-state index in [2.05, 4.69) is 15.0 Å². The first-order chi connectivity index (χ1) is 11.7. The number of rotatable bonds is 7. The van der Waals surface area contributed by atoms with E-state index in [1.165, 1.54) is 35.2 Å². The number of sulfonamides is 1. The molecule has 1 aromatic heterocycles. The molecule has 2 aromatic rings. The normalized spacial score (nSPS) is 13.0. The molecule has 0 fully saturated rings. The molecule has 0 aliphatic heterocycles. The van der Waals surface area contributed by atoms with E-state index >= 15 is 0 Å². The lowest BCUT2D eigenvalue weighted by molar-refractivity contribution is -0.115. The van der Waals surface area contributed by atoms with E-state index in [9.17, 15) is 13.2 Å². The molecule has 1 aromatic carbocycles. The molecule has 1 atom stereocenters. The third-order valence-corrected chi connectivity index (χ3v) is 6.93. The minimum atomic E-state index is -3.53. The summed E-state index contributed by atoms with van der Waals surface area (Å²) >= 11 is 2.90. The van der Waals surface area contributed by atoms with Crippen LogP contribution >= 0.6 is 23.1 Å². The molecule has 0 bridgehead atoms. The SMILES string of the molecule is Cc1csc(S[C@@H](C)C(=O)Nc2ccc(S(=O)(=O)NC(C)C)cc2)n1. The molecular formula is C16H21N3O3S3. The first-order valence-electron chi connectivity index (χ1n) is 7.69. The van der Waals surface area contributed by atoms with Crippen LogP contribution in [0.2, 0.25) is 0 Å². The quantitative estimate of drug-likeness (QED) is 0.698. The highest BCUT2D eigenvalue weighted by Gasteiger charge is 2.18. The number of aromatic nitrogens is 1. The van der Waals surface area contributed by atoms with Crippen molar-refractivity contribution in [3.63, 3.8) is 0 Å². The van der Waals surface area contributed by atoms with Crippen molar-refractivity contribution in [1.82, 2.24) is 9.71 Å². The average Bonchev–Trinajstić information content (AvgIpc) is 2.91. The molecule has 0 aliphatic carbocycles. The van der Waals surface area contributed by atoms with E-state index in [4.69, 9.17) is 0 Å². The largest absolute Gasteiger partial charge is 0.325 e. The monoisotopic (exact) mass is 399 g/mol. The van der Waals surface area contributed by atoms with Gasteiger partial charge in [-0.15, -0.1) is 11.3 Å². The topological polar surface area (TPSA) is 88.2 Å². The molecule has 1 heterocycles. The summed E-state index contributed by atoms with van der Waals surface area (Å²) < 4.78 is 27.5. The fourth-order valence-corrected chi connectivity index (χ4v) is 5.17. The summed E-state index contributed by atoms with van der Waals surface area (Å²) in [4.78, 5) is 16.8. The summed E-state index contributed by atoms with van der Waals surface area (Å²) in [5.74, 6) is -0.159. The van der Waals surface area contributed by atoms with E-state index in [-0.39, 0.29) is 22.1 Å². The molecule has 136 valence electrons. The lowest BCUT2D eigenvalue weighted by Crippen LogP contribution is -2.30. The van der Waals surface area contributed by atoms with Gasteiger partial charge in [0.05, 0.1) is 10.1 Å². The molecule has 0 spiro atoms. The average molecular weight is 400 g/mol. The Morgan fingerprint density at radius 2 is 1.84 bits per heavy atom. The Morgan fingerprint density at radius 3 is 2.36 bits per heavy atom. The number of thioether (sulfide) groups is 1. The molecule has 0 saturated carbocycles. The van der Waals surface area contributed by atoms with Crippen molar-refractivity contribution in [2.45, 2.75) is 48.2 Å². The van der Waals surface area contributed by atoms with Gasteiger partial charge in [0.1, 0.15) is 0 Å². The van der Waals surface area contributed by atoms with Crippen LogP contribution < -0.4 is 10.0 Å². The Balaban J connectivity index is 1.99. The highest BCUT2D eigenvalue weighted by atomic mass is 32.2. The van der Waals surface area contributed by atoms with E-state index in [0.717, 1.165) is 10.0 Å². The maximum absolute atomic E-state index is 12.3. The standard InChI is InChI=1S/C16H21N3O3S3/c1-10(2)19-25(21,22)14-7-5-13(6-8-14)18-15(20)12(4)24-16-17-11(3)9-23-16/h5-10,12,19H,1-4H3,(H,18,20)/t12-/m0/s1. The van der Waals surface area contributed by atoms with E-state index in [1.807, 2.05) is 19.2 Å². The summed E-state index contributed by atoms with van der Waals surface area (Å²) in [5.41, 5.74) is 1.49. The maximum atomic E-state index is 12.3. The highest BCUT2D eigenvalue weighted by Crippen LogP contribution is 2.27. The van der Waals surface area contributed by atoms with Gasteiger partial charge in [-0.2, -0.15) is 0 Å². The van der Waals surface area contributed by atoms with E-state index in [1.54, 1.807) is 26.0 Å². The minimum Gasteiger partial charge on any atom is -0.325 e. The third-order valence-electron chi connectivity index (χ3n) is 3.07. The maximum Gasteiger partial charge on any atom is 0.240 e. The van der Waals surface area contributed by atoms with Gasteiger partial charge < -0.3 is 5.32 Å². The second-order valence-electron chi connectivity index (χ2n) is 5.80. The van der Waals surface area contributed by atoms with E-state index < -0.39 is 10.0 Å². The van der Waals surface area contributed by atoms with Gasteiger partial charge in [0.2, 0.25) is 15.9 Å². The lowest BCUT2D eigenvalue weighted by Gasteiger charge is -2.12. The first kappa shape index (κ1) is 19.9. The van der Waals surface area contributed by atoms with Crippen LogP contribution in [0.5, 0.6) is 0 Å². The number of hydrogen-bond donors (Lipinski definition) is 2. The number of nitrogens with zero attached hydrogens (tertiary/aromatic N) is 1. The number of carbonyl (C=O) groups is 1. The summed E-state index contributed by atoms with van der Waals surface area (Å²) in [5, 5.41) is 4.42. The van der Waals surface area contributed by atoms with Crippen LogP contribution in [0.25, 0.3) is 0 Å². The first-order valence-corrected chi connectivity index (χ1v) is 10.9. The lowest BCUT2D eigenvalue weighted by atomic mass is 10.3. The minimum absolute atomic E-state index is 0.159.